The van der Waals surface area contributed by atoms with Crippen LogP contribution in [0.3, 0.4) is 0 Å². The van der Waals surface area contributed by atoms with E-state index in [9.17, 15) is 4.79 Å². The Morgan fingerprint density at radius 1 is 1.04 bits per heavy atom. The SMILES string of the molecule is Cc1ccc(CNc2cc(C(=O)N(C)CCc3ccncc3)ncn2)cc1. The highest BCUT2D eigenvalue weighted by Gasteiger charge is 2.14. The van der Waals surface area contributed by atoms with Crippen LogP contribution in [0, 0.1) is 6.92 Å². The predicted octanol–water partition coefficient (Wildman–Crippen LogP) is 3.11. The van der Waals surface area contributed by atoms with Crippen molar-refractivity contribution in [3.63, 3.8) is 0 Å². The van der Waals surface area contributed by atoms with E-state index >= 15 is 0 Å². The summed E-state index contributed by atoms with van der Waals surface area (Å²) in [5.41, 5.74) is 3.91. The molecule has 3 rings (SSSR count). The third-order valence-corrected chi connectivity index (χ3v) is 4.31. The zero-order chi connectivity index (χ0) is 19.1. The van der Waals surface area contributed by atoms with Crippen molar-refractivity contribution < 1.29 is 4.79 Å². The van der Waals surface area contributed by atoms with Crippen molar-refractivity contribution in [3.8, 4) is 0 Å². The zero-order valence-corrected chi connectivity index (χ0v) is 15.6. The van der Waals surface area contributed by atoms with E-state index in [1.807, 2.05) is 12.1 Å². The second-order valence-electron chi connectivity index (χ2n) is 6.46. The average Bonchev–Trinajstić information content (AvgIpc) is 2.72. The average molecular weight is 361 g/mol. The molecule has 6 heteroatoms. The molecule has 0 fully saturated rings. The van der Waals surface area contributed by atoms with Crippen LogP contribution in [-0.2, 0) is 13.0 Å². The van der Waals surface area contributed by atoms with Crippen molar-refractivity contribution in [2.24, 2.45) is 0 Å². The summed E-state index contributed by atoms with van der Waals surface area (Å²) in [6, 6.07) is 13.9. The van der Waals surface area contributed by atoms with Gasteiger partial charge in [0.1, 0.15) is 17.8 Å². The van der Waals surface area contributed by atoms with E-state index in [1.165, 1.54) is 11.9 Å². The number of amides is 1. The maximum absolute atomic E-state index is 12.6. The summed E-state index contributed by atoms with van der Waals surface area (Å²) < 4.78 is 0. The van der Waals surface area contributed by atoms with Gasteiger partial charge in [0.05, 0.1) is 0 Å². The van der Waals surface area contributed by atoms with Crippen LogP contribution in [0.2, 0.25) is 0 Å². The molecule has 0 unspecified atom stereocenters. The van der Waals surface area contributed by atoms with Crippen LogP contribution in [-0.4, -0.2) is 39.4 Å². The maximum atomic E-state index is 12.6. The summed E-state index contributed by atoms with van der Waals surface area (Å²) in [4.78, 5) is 26.6. The van der Waals surface area contributed by atoms with Crippen LogP contribution in [0.25, 0.3) is 0 Å². The molecule has 0 aliphatic rings. The van der Waals surface area contributed by atoms with Crippen LogP contribution < -0.4 is 5.32 Å². The lowest BCUT2D eigenvalue weighted by Crippen LogP contribution is -2.29. The molecule has 0 aliphatic heterocycles. The Hall–Kier alpha value is -3.28. The number of nitrogens with zero attached hydrogens (tertiary/aromatic N) is 4. The van der Waals surface area contributed by atoms with E-state index in [-0.39, 0.29) is 5.91 Å². The Morgan fingerprint density at radius 3 is 2.52 bits per heavy atom. The van der Waals surface area contributed by atoms with Gasteiger partial charge in [-0.3, -0.25) is 9.78 Å². The predicted molar refractivity (Wildman–Crippen MR) is 105 cm³/mol. The molecule has 0 spiro atoms. The smallest absolute Gasteiger partial charge is 0.272 e. The normalized spacial score (nSPS) is 10.4. The molecular weight excluding hydrogens is 338 g/mol. The van der Waals surface area contributed by atoms with Gasteiger partial charge in [-0.1, -0.05) is 29.8 Å². The lowest BCUT2D eigenvalue weighted by Gasteiger charge is -2.17. The largest absolute Gasteiger partial charge is 0.366 e. The zero-order valence-electron chi connectivity index (χ0n) is 15.6. The molecule has 0 saturated carbocycles. The van der Waals surface area contributed by atoms with Gasteiger partial charge < -0.3 is 10.2 Å². The summed E-state index contributed by atoms with van der Waals surface area (Å²) in [5.74, 6) is 0.515. The summed E-state index contributed by atoms with van der Waals surface area (Å²) in [7, 11) is 1.78. The van der Waals surface area contributed by atoms with E-state index in [0.717, 1.165) is 17.5 Å². The van der Waals surface area contributed by atoms with Crippen molar-refractivity contribution in [2.45, 2.75) is 19.9 Å². The number of anilines is 1. The van der Waals surface area contributed by atoms with E-state index < -0.39 is 0 Å². The fourth-order valence-corrected chi connectivity index (χ4v) is 2.61. The number of rotatable bonds is 7. The van der Waals surface area contributed by atoms with Crippen molar-refractivity contribution in [3.05, 3.63) is 83.6 Å². The van der Waals surface area contributed by atoms with Crippen molar-refractivity contribution in [1.29, 1.82) is 0 Å². The number of benzene rings is 1. The maximum Gasteiger partial charge on any atom is 0.272 e. The third-order valence-electron chi connectivity index (χ3n) is 4.31. The number of hydrogen-bond acceptors (Lipinski definition) is 5. The first-order valence-electron chi connectivity index (χ1n) is 8.87. The third kappa shape index (κ3) is 5.34. The minimum atomic E-state index is -0.121. The first-order chi connectivity index (χ1) is 13.1. The fraction of sp³-hybridized carbons (Fsp3) is 0.238. The quantitative estimate of drug-likeness (QED) is 0.700. The molecule has 1 N–H and O–H groups in total. The van der Waals surface area contributed by atoms with Gasteiger partial charge in [0, 0.05) is 38.6 Å². The Labute approximate surface area is 159 Å². The van der Waals surface area contributed by atoms with Gasteiger partial charge in [-0.05, 0) is 36.6 Å². The van der Waals surface area contributed by atoms with Gasteiger partial charge >= 0.3 is 0 Å². The highest BCUT2D eigenvalue weighted by molar-refractivity contribution is 5.92. The second-order valence-corrected chi connectivity index (χ2v) is 6.46. The standard InChI is InChI=1S/C21H23N5O/c1-16-3-5-18(6-4-16)14-23-20-13-19(24-15-25-20)21(27)26(2)12-9-17-7-10-22-11-8-17/h3-8,10-11,13,15H,9,12,14H2,1-2H3,(H,23,24,25). The number of carbonyl (C=O) groups is 1. The van der Waals surface area contributed by atoms with E-state index in [1.54, 1.807) is 30.4 Å². The first kappa shape index (κ1) is 18.5. The summed E-state index contributed by atoms with van der Waals surface area (Å²) in [6.07, 6.45) is 5.71. The molecule has 1 amide bonds. The Balaban J connectivity index is 1.58. The molecule has 1 aromatic carbocycles. The molecule has 2 aromatic heterocycles. The minimum Gasteiger partial charge on any atom is -0.366 e. The number of aryl methyl sites for hydroxylation is 1. The molecule has 0 atom stereocenters. The van der Waals surface area contributed by atoms with Crippen molar-refractivity contribution in [1.82, 2.24) is 19.9 Å². The molecule has 2 heterocycles. The number of likely N-dealkylation sites (N-methyl/N-ethyl adjacent to an activating group) is 1. The van der Waals surface area contributed by atoms with Crippen LogP contribution in [0.5, 0.6) is 0 Å². The van der Waals surface area contributed by atoms with Gasteiger partial charge in [0.2, 0.25) is 0 Å². The van der Waals surface area contributed by atoms with Crippen LogP contribution in [0.1, 0.15) is 27.2 Å². The number of hydrogen-bond donors (Lipinski definition) is 1. The lowest BCUT2D eigenvalue weighted by molar-refractivity contribution is 0.0790. The Morgan fingerprint density at radius 2 is 1.78 bits per heavy atom. The topological polar surface area (TPSA) is 71.0 Å². The Kier molecular flexibility index (Phi) is 6.10. The van der Waals surface area contributed by atoms with Gasteiger partial charge in [-0.2, -0.15) is 0 Å². The van der Waals surface area contributed by atoms with Crippen molar-refractivity contribution in [2.75, 3.05) is 18.9 Å². The first-order valence-corrected chi connectivity index (χ1v) is 8.87. The molecule has 6 nitrogen and oxygen atoms in total. The van der Waals surface area contributed by atoms with Crippen LogP contribution >= 0.6 is 0 Å². The lowest BCUT2D eigenvalue weighted by atomic mass is 10.1. The van der Waals surface area contributed by atoms with Gasteiger partial charge in [-0.25, -0.2) is 9.97 Å². The molecular formula is C21H23N5O. The monoisotopic (exact) mass is 361 g/mol. The van der Waals surface area contributed by atoms with Crippen LogP contribution in [0.4, 0.5) is 5.82 Å². The van der Waals surface area contributed by atoms with Gasteiger partial charge in [0.15, 0.2) is 0 Å². The summed E-state index contributed by atoms with van der Waals surface area (Å²) >= 11 is 0. The highest BCUT2D eigenvalue weighted by Crippen LogP contribution is 2.10. The molecule has 0 saturated heterocycles. The van der Waals surface area contributed by atoms with Crippen LogP contribution in [0.15, 0.2) is 61.2 Å². The molecule has 0 bridgehead atoms. The fourth-order valence-electron chi connectivity index (χ4n) is 2.61. The van der Waals surface area contributed by atoms with E-state index in [4.69, 9.17) is 0 Å². The summed E-state index contributed by atoms with van der Waals surface area (Å²) in [5, 5.41) is 3.24. The molecule has 138 valence electrons. The molecule has 0 aliphatic carbocycles. The van der Waals surface area contributed by atoms with Gasteiger partial charge in [0.25, 0.3) is 5.91 Å². The minimum absolute atomic E-state index is 0.121. The summed E-state index contributed by atoms with van der Waals surface area (Å²) in [6.45, 7) is 3.31. The second kappa shape index (κ2) is 8.89. The van der Waals surface area contributed by atoms with Crippen molar-refractivity contribution >= 4 is 11.7 Å². The molecule has 0 radical (unpaired) electrons. The highest BCUT2D eigenvalue weighted by atomic mass is 16.2. The Bertz CT molecular complexity index is 881. The van der Waals surface area contributed by atoms with E-state index in [0.29, 0.717) is 24.6 Å². The number of carbonyl (C=O) groups excluding carboxylic acids is 1. The number of nitrogens with one attached hydrogen (secondary N) is 1. The number of aromatic nitrogens is 3. The molecule has 3 aromatic rings. The number of pyridine rings is 1. The van der Waals surface area contributed by atoms with E-state index in [2.05, 4.69) is 51.5 Å². The molecule has 27 heavy (non-hydrogen) atoms. The van der Waals surface area contributed by atoms with Gasteiger partial charge in [-0.15, -0.1) is 0 Å².